The summed E-state index contributed by atoms with van der Waals surface area (Å²) in [6.45, 7) is 5.48. The van der Waals surface area contributed by atoms with Crippen LogP contribution in [0.3, 0.4) is 0 Å². The zero-order chi connectivity index (χ0) is 25.5. The first-order valence-corrected chi connectivity index (χ1v) is 12.8. The Balaban J connectivity index is 1.41. The number of benzene rings is 2. The highest BCUT2D eigenvalue weighted by atomic mass is 19.1. The van der Waals surface area contributed by atoms with E-state index in [0.717, 1.165) is 72.4 Å². The number of aliphatic hydroxyl groups excluding tert-OH is 1. The zero-order valence-corrected chi connectivity index (χ0v) is 20.7. The van der Waals surface area contributed by atoms with Crippen molar-refractivity contribution in [3.8, 4) is 16.9 Å². The van der Waals surface area contributed by atoms with Gasteiger partial charge < -0.3 is 25.7 Å². The van der Waals surface area contributed by atoms with E-state index in [1.165, 1.54) is 6.07 Å². The first-order chi connectivity index (χ1) is 18.0. The lowest BCUT2D eigenvalue weighted by molar-refractivity contribution is 0.154. The lowest BCUT2D eigenvalue weighted by atomic mass is 9.97. The molecule has 0 radical (unpaired) electrons. The maximum atomic E-state index is 14.3. The molecule has 0 amide bonds. The number of phenols is 1. The predicted molar refractivity (Wildman–Crippen MR) is 144 cm³/mol. The summed E-state index contributed by atoms with van der Waals surface area (Å²) in [4.78, 5) is 11.6. The van der Waals surface area contributed by atoms with Crippen molar-refractivity contribution >= 4 is 28.1 Å². The van der Waals surface area contributed by atoms with Crippen molar-refractivity contribution in [3.63, 3.8) is 0 Å². The van der Waals surface area contributed by atoms with E-state index in [-0.39, 0.29) is 11.7 Å². The molecule has 4 aromatic rings. The van der Waals surface area contributed by atoms with Gasteiger partial charge in [0.25, 0.3) is 0 Å². The van der Waals surface area contributed by atoms with Gasteiger partial charge in [-0.2, -0.15) is 0 Å². The van der Waals surface area contributed by atoms with Crippen LogP contribution in [0.25, 0.3) is 22.0 Å². The molecule has 1 aliphatic heterocycles. The number of aliphatic hydroxyl groups is 1. The second-order valence-electron chi connectivity index (χ2n) is 9.99. The second kappa shape index (κ2) is 9.61. The van der Waals surface area contributed by atoms with Gasteiger partial charge in [0.05, 0.1) is 29.2 Å². The lowest BCUT2D eigenvalue weighted by Crippen LogP contribution is -2.43. The average Bonchev–Trinajstić information content (AvgIpc) is 3.78. The van der Waals surface area contributed by atoms with Gasteiger partial charge in [-0.3, -0.25) is 4.98 Å². The van der Waals surface area contributed by atoms with E-state index >= 15 is 0 Å². The zero-order valence-electron chi connectivity index (χ0n) is 20.7. The van der Waals surface area contributed by atoms with Gasteiger partial charge in [0, 0.05) is 43.3 Å². The van der Waals surface area contributed by atoms with Crippen LogP contribution >= 0.6 is 0 Å². The molecule has 4 N–H and O–H groups in total. The van der Waals surface area contributed by atoms with Crippen LogP contribution in [0, 0.1) is 18.7 Å². The summed E-state index contributed by atoms with van der Waals surface area (Å²) in [6, 6.07) is 12.9. The van der Waals surface area contributed by atoms with E-state index in [1.807, 2.05) is 30.5 Å². The van der Waals surface area contributed by atoms with Crippen LogP contribution in [0.4, 0.5) is 21.6 Å². The molecule has 7 nitrogen and oxygen atoms in total. The smallest absolute Gasteiger partial charge is 0.165 e. The highest BCUT2D eigenvalue weighted by molar-refractivity contribution is 5.97. The second-order valence-corrected chi connectivity index (χ2v) is 9.99. The van der Waals surface area contributed by atoms with E-state index in [4.69, 9.17) is 0 Å². The highest BCUT2D eigenvalue weighted by Crippen LogP contribution is 2.45. The van der Waals surface area contributed by atoms with Crippen LogP contribution in [0.5, 0.6) is 5.75 Å². The third-order valence-electron chi connectivity index (χ3n) is 7.35. The van der Waals surface area contributed by atoms with Crippen molar-refractivity contribution in [2.75, 3.05) is 36.4 Å². The molecule has 2 aliphatic rings. The summed E-state index contributed by atoms with van der Waals surface area (Å²) >= 11 is 0. The molecule has 1 saturated carbocycles. The summed E-state index contributed by atoms with van der Waals surface area (Å²) < 4.78 is 14.3. The van der Waals surface area contributed by atoms with E-state index in [9.17, 15) is 14.6 Å². The number of anilines is 3. The molecule has 1 atom stereocenters. The fourth-order valence-electron chi connectivity index (χ4n) is 5.02. The fourth-order valence-corrected chi connectivity index (χ4v) is 5.02. The molecule has 1 aliphatic carbocycles. The molecule has 3 heterocycles. The number of nitrogens with zero attached hydrogens (tertiary/aromatic N) is 3. The third-order valence-corrected chi connectivity index (χ3v) is 7.35. The largest absolute Gasteiger partial charge is 0.505 e. The van der Waals surface area contributed by atoms with E-state index < -0.39 is 11.9 Å². The van der Waals surface area contributed by atoms with Gasteiger partial charge in [0.1, 0.15) is 5.82 Å². The Bertz CT molecular complexity index is 1430. The van der Waals surface area contributed by atoms with E-state index in [0.29, 0.717) is 16.9 Å². The maximum Gasteiger partial charge on any atom is 0.165 e. The Morgan fingerprint density at radius 3 is 2.54 bits per heavy atom. The Morgan fingerprint density at radius 2 is 1.84 bits per heavy atom. The lowest BCUT2D eigenvalue weighted by Gasteiger charge is -2.29. The SMILES string of the molecule is Cc1cc(-c2ccc3ncc(C(O)C4CC4)c(Nc4ccc(N5CCNCC5)cn4)c3c2)cc(F)c1O. The monoisotopic (exact) mass is 499 g/mol. The Hall–Kier alpha value is -3.75. The first kappa shape index (κ1) is 23.6. The Morgan fingerprint density at radius 1 is 1.03 bits per heavy atom. The molecule has 8 heteroatoms. The van der Waals surface area contributed by atoms with Gasteiger partial charge >= 0.3 is 0 Å². The van der Waals surface area contributed by atoms with Crippen LogP contribution < -0.4 is 15.5 Å². The third kappa shape index (κ3) is 4.70. The molecule has 2 fully saturated rings. The molecular formula is C29H30FN5O2. The number of aromatic nitrogens is 2. The molecule has 1 unspecified atom stereocenters. The van der Waals surface area contributed by atoms with Crippen LogP contribution in [0.2, 0.25) is 0 Å². The predicted octanol–water partition coefficient (Wildman–Crippen LogP) is 5.05. The number of aryl methyl sites for hydroxylation is 1. The number of halogens is 1. The minimum atomic E-state index is -0.654. The van der Waals surface area contributed by atoms with Gasteiger partial charge in [0.2, 0.25) is 0 Å². The molecule has 37 heavy (non-hydrogen) atoms. The van der Waals surface area contributed by atoms with Crippen LogP contribution in [0.15, 0.2) is 54.9 Å². The van der Waals surface area contributed by atoms with Gasteiger partial charge in [-0.15, -0.1) is 0 Å². The summed E-state index contributed by atoms with van der Waals surface area (Å²) in [5.41, 5.74) is 5.24. The molecule has 1 saturated heterocycles. The number of nitrogens with one attached hydrogen (secondary N) is 2. The van der Waals surface area contributed by atoms with Crippen molar-refractivity contribution in [1.29, 1.82) is 0 Å². The minimum Gasteiger partial charge on any atom is -0.505 e. The first-order valence-electron chi connectivity index (χ1n) is 12.8. The van der Waals surface area contributed by atoms with Crippen molar-refractivity contribution in [1.82, 2.24) is 15.3 Å². The topological polar surface area (TPSA) is 93.5 Å². The number of pyridine rings is 2. The maximum absolute atomic E-state index is 14.3. The number of aromatic hydroxyl groups is 1. The number of hydrogen-bond acceptors (Lipinski definition) is 7. The molecule has 0 spiro atoms. The summed E-state index contributed by atoms with van der Waals surface area (Å²) in [5, 5.41) is 28.6. The van der Waals surface area contributed by atoms with Crippen molar-refractivity contribution < 1.29 is 14.6 Å². The fraction of sp³-hybridized carbons (Fsp3) is 0.310. The van der Waals surface area contributed by atoms with Gasteiger partial charge in [0.15, 0.2) is 11.6 Å². The summed E-state index contributed by atoms with van der Waals surface area (Å²) in [6.07, 6.45) is 4.97. The van der Waals surface area contributed by atoms with Crippen molar-refractivity contribution in [2.45, 2.75) is 25.9 Å². The normalized spacial score (nSPS) is 16.7. The number of rotatable bonds is 6. The quantitative estimate of drug-likeness (QED) is 0.295. The van der Waals surface area contributed by atoms with Gasteiger partial charge in [-0.05, 0) is 78.8 Å². The molecule has 2 aromatic heterocycles. The minimum absolute atomic E-state index is 0.222. The van der Waals surface area contributed by atoms with Crippen LogP contribution in [-0.2, 0) is 0 Å². The van der Waals surface area contributed by atoms with Crippen molar-refractivity contribution in [3.05, 3.63) is 71.8 Å². The van der Waals surface area contributed by atoms with Crippen molar-refractivity contribution in [2.24, 2.45) is 5.92 Å². The number of phenolic OH excluding ortho intramolecular Hbond substituents is 1. The molecule has 2 aromatic carbocycles. The van der Waals surface area contributed by atoms with Crippen LogP contribution in [-0.4, -0.2) is 46.4 Å². The number of hydrogen-bond donors (Lipinski definition) is 4. The van der Waals surface area contributed by atoms with Crippen LogP contribution in [0.1, 0.15) is 30.1 Å². The molecule has 0 bridgehead atoms. The summed E-state index contributed by atoms with van der Waals surface area (Å²) in [5.74, 6) is -0.0931. The standard InChI is InChI=1S/C29H30FN5O2/c1-17-12-20(14-24(30)28(17)36)19-4-6-25-22(13-19)27(23(16-32-25)29(37)18-2-3-18)34-26-7-5-21(15-33-26)35-10-8-31-9-11-35/h4-7,12-16,18,29,31,36-37H,2-3,8-11H2,1H3,(H,32,33,34). The summed E-state index contributed by atoms with van der Waals surface area (Å²) in [7, 11) is 0. The molecule has 190 valence electrons. The molecular weight excluding hydrogens is 469 g/mol. The number of fused-ring (bicyclic) bond motifs is 1. The average molecular weight is 500 g/mol. The molecule has 6 rings (SSSR count). The van der Waals surface area contributed by atoms with Gasteiger partial charge in [-0.1, -0.05) is 6.07 Å². The number of piperazine rings is 1. The van der Waals surface area contributed by atoms with E-state index in [2.05, 4.69) is 31.6 Å². The van der Waals surface area contributed by atoms with E-state index in [1.54, 1.807) is 19.2 Å². The Labute approximate surface area is 215 Å². The highest BCUT2D eigenvalue weighted by Gasteiger charge is 2.33. The van der Waals surface area contributed by atoms with Gasteiger partial charge in [-0.25, -0.2) is 9.37 Å². The Kier molecular flexibility index (Phi) is 6.14.